The molecular formula is C48H30O. The average molecular weight is 653 g/mol. The molecule has 0 aliphatic heterocycles. The number of benzene rings is 9. The Morgan fingerprint density at radius 2 is 0.796 bits per heavy atom. The minimum Gasteiger partial charge on any atom is -0.456 e. The maximum atomic E-state index is 9.89. The first kappa shape index (κ1) is 11.1. The van der Waals surface area contributed by atoms with Crippen LogP contribution in [0, 0.1) is 0 Å². The minimum absolute atomic E-state index is 0.554. The number of hydrogen-bond donors (Lipinski definition) is 0. The predicted molar refractivity (Wildman–Crippen MR) is 208 cm³/mol. The average Bonchev–Trinajstić information content (AvgIpc) is 4.04. The van der Waals surface area contributed by atoms with Crippen LogP contribution in [0.5, 0.6) is 0 Å². The first-order valence-corrected chi connectivity index (χ1v) is 14.4. The summed E-state index contributed by atoms with van der Waals surface area (Å²) in [4.78, 5) is 0. The van der Waals surface area contributed by atoms with E-state index >= 15 is 0 Å². The zero-order chi connectivity index (χ0) is 58.4. The first-order valence-electron chi connectivity index (χ1n) is 29.4. The van der Waals surface area contributed by atoms with Gasteiger partial charge in [0.15, 0.2) is 0 Å². The van der Waals surface area contributed by atoms with Crippen molar-refractivity contribution in [2.45, 2.75) is 0 Å². The Hall–Kier alpha value is -6.44. The molecule has 0 amide bonds. The summed E-state index contributed by atoms with van der Waals surface area (Å²) in [6, 6.07) is -29.0. The molecular weight excluding hydrogens is 593 g/mol. The molecule has 10 aromatic rings. The zero-order valence-corrected chi connectivity index (χ0v) is 24.4. The Kier molecular flexibility index (Phi) is 2.50. The summed E-state index contributed by atoms with van der Waals surface area (Å²) in [5.74, 6) is 0. The molecule has 0 N–H and O–H groups in total. The van der Waals surface area contributed by atoms with E-state index in [1.807, 2.05) is 0 Å². The van der Waals surface area contributed by atoms with Crippen molar-refractivity contribution < 1.29 is 45.5 Å². The molecule has 0 aliphatic carbocycles. The lowest BCUT2D eigenvalue weighted by atomic mass is 9.84. The summed E-state index contributed by atoms with van der Waals surface area (Å²) in [6.07, 6.45) is 0. The van der Waals surface area contributed by atoms with E-state index in [-0.39, 0.29) is 0 Å². The second kappa shape index (κ2) is 11.1. The van der Waals surface area contributed by atoms with Gasteiger partial charge in [0.05, 0.1) is 41.1 Å². The highest BCUT2D eigenvalue weighted by Crippen LogP contribution is 2.46. The van der Waals surface area contributed by atoms with Gasteiger partial charge in [0, 0.05) is 10.8 Å². The van der Waals surface area contributed by atoms with Gasteiger partial charge in [-0.25, -0.2) is 0 Å². The van der Waals surface area contributed by atoms with Gasteiger partial charge in [-0.3, -0.25) is 0 Å². The van der Waals surface area contributed by atoms with E-state index in [0.29, 0.717) is 0 Å². The maximum Gasteiger partial charge on any atom is 0.136 e. The quantitative estimate of drug-likeness (QED) is 0.172. The Labute approximate surface area is 326 Å². The first-order chi connectivity index (χ1) is 36.8. The minimum atomic E-state index is -1.14. The molecule has 1 heterocycles. The molecule has 0 radical (unpaired) electrons. The molecule has 0 unspecified atom stereocenters. The topological polar surface area (TPSA) is 13.1 Å². The second-order valence-corrected chi connectivity index (χ2v) is 10.5. The van der Waals surface area contributed by atoms with Crippen LogP contribution in [-0.2, 0) is 0 Å². The van der Waals surface area contributed by atoms with E-state index in [1.54, 1.807) is 0 Å². The van der Waals surface area contributed by atoms with Gasteiger partial charge in [0.2, 0.25) is 0 Å². The summed E-state index contributed by atoms with van der Waals surface area (Å²) in [5, 5.41) is -5.79. The normalized spacial score (nSPS) is 20.2. The van der Waals surface area contributed by atoms with Crippen molar-refractivity contribution in [3.05, 3.63) is 181 Å². The maximum absolute atomic E-state index is 9.89. The summed E-state index contributed by atoms with van der Waals surface area (Å²) in [7, 11) is 0. The van der Waals surface area contributed by atoms with E-state index in [1.165, 1.54) is 0 Å². The predicted octanol–water partition coefficient (Wildman–Crippen LogP) is 13.7. The third kappa shape index (κ3) is 4.40. The third-order valence-electron chi connectivity index (χ3n) is 7.89. The van der Waals surface area contributed by atoms with Crippen molar-refractivity contribution in [3.8, 4) is 44.5 Å². The van der Waals surface area contributed by atoms with E-state index < -0.39 is 280 Å². The Morgan fingerprint density at radius 1 is 0.286 bits per heavy atom. The molecule has 49 heavy (non-hydrogen) atoms. The van der Waals surface area contributed by atoms with Gasteiger partial charge in [-0.05, 0) is 101 Å². The summed E-state index contributed by atoms with van der Waals surface area (Å²) >= 11 is 0. The van der Waals surface area contributed by atoms with Crippen molar-refractivity contribution in [3.63, 3.8) is 0 Å². The summed E-state index contributed by atoms with van der Waals surface area (Å²) in [6.45, 7) is 0. The zero-order valence-electron chi connectivity index (χ0n) is 54.4. The fourth-order valence-electron chi connectivity index (χ4n) is 5.83. The van der Waals surface area contributed by atoms with Gasteiger partial charge in [-0.2, -0.15) is 0 Å². The second-order valence-electron chi connectivity index (χ2n) is 10.5. The largest absolute Gasteiger partial charge is 0.456 e. The highest BCUT2D eigenvalue weighted by atomic mass is 16.3. The Morgan fingerprint density at radius 3 is 1.45 bits per heavy atom. The van der Waals surface area contributed by atoms with Crippen LogP contribution in [0.2, 0.25) is 0 Å². The fourth-order valence-corrected chi connectivity index (χ4v) is 5.83. The van der Waals surface area contributed by atoms with E-state index in [0.717, 1.165) is 0 Å². The molecule has 228 valence electrons. The molecule has 9 aromatic carbocycles. The molecule has 1 nitrogen and oxygen atoms in total. The lowest BCUT2D eigenvalue weighted by molar-refractivity contribution is 0.669. The van der Waals surface area contributed by atoms with Crippen LogP contribution in [0.25, 0.3) is 98.8 Å². The van der Waals surface area contributed by atoms with Crippen molar-refractivity contribution in [1.29, 1.82) is 0 Å². The lowest BCUT2D eigenvalue weighted by Gasteiger charge is -2.19. The highest BCUT2D eigenvalue weighted by molar-refractivity contribution is 6.24. The smallest absolute Gasteiger partial charge is 0.136 e. The molecule has 0 spiro atoms. The Bertz CT molecular complexity index is 4460. The van der Waals surface area contributed by atoms with E-state index in [9.17, 15) is 17.8 Å². The van der Waals surface area contributed by atoms with Crippen LogP contribution in [0.1, 0.15) is 41.1 Å². The SMILES string of the molecule is [2H]c1c([2H])c([2H])c(-c2c([2H])c([2H])c3c(oc4c([2H])c([2H])c(-c5c([2H])c([2H])c(-c6c7c([2H])c([2H])c([2H])c([2H])c7c(-c7c([2H])c([2H])c([2H])c([2H])c7[2H])c7c([2H])c([2H])c([2H])c([2H])c67)c6c([2H])c([2H])c([2H])c([2H])c56)c([2H])c43)c2[2H])c([2H])c1[2H]. The third-order valence-corrected chi connectivity index (χ3v) is 7.89. The standard InChI is InChI=1S/C48H30O/c1-3-13-31(14-4-1)33-23-25-38-44-29-34(24-28-45(44)49-46(38)30-33)35-26-27-43(37-18-8-7-17-36(35)37)48-41-21-11-9-19-39(41)47(32-15-5-2-6-16-32)40-20-10-12-22-42(40)48/h1-30H/i1D,2D,3D,4D,5D,6D,7D,8D,9D,10D,11D,12D,13D,14D,15D,16D,17D,18D,19D,20D,21D,22D,23D,24D,25D,26D,27D,28D,29D,30D. The van der Waals surface area contributed by atoms with Crippen LogP contribution < -0.4 is 0 Å². The van der Waals surface area contributed by atoms with Crippen molar-refractivity contribution in [2.75, 3.05) is 0 Å². The highest BCUT2D eigenvalue weighted by Gasteiger charge is 2.19. The Balaban J connectivity index is 1.45. The molecule has 0 bridgehead atoms. The van der Waals surface area contributed by atoms with Gasteiger partial charge in [-0.1, -0.05) is 157 Å². The lowest BCUT2D eigenvalue weighted by Crippen LogP contribution is -1.92. The van der Waals surface area contributed by atoms with Crippen molar-refractivity contribution >= 4 is 54.3 Å². The molecule has 1 heteroatoms. The van der Waals surface area contributed by atoms with Crippen LogP contribution in [-0.4, -0.2) is 0 Å². The fraction of sp³-hybridized carbons (Fsp3) is 0. The van der Waals surface area contributed by atoms with Crippen LogP contribution in [0.3, 0.4) is 0 Å². The number of furan rings is 1. The van der Waals surface area contributed by atoms with Gasteiger partial charge in [0.25, 0.3) is 0 Å². The molecule has 0 saturated heterocycles. The van der Waals surface area contributed by atoms with Crippen LogP contribution >= 0.6 is 0 Å². The van der Waals surface area contributed by atoms with Crippen molar-refractivity contribution in [2.24, 2.45) is 0 Å². The molecule has 0 atom stereocenters. The van der Waals surface area contributed by atoms with Gasteiger partial charge < -0.3 is 4.42 Å². The number of rotatable bonds is 4. The van der Waals surface area contributed by atoms with Gasteiger partial charge in [0.1, 0.15) is 11.2 Å². The van der Waals surface area contributed by atoms with Gasteiger partial charge in [-0.15, -0.1) is 0 Å². The van der Waals surface area contributed by atoms with Crippen LogP contribution in [0.15, 0.2) is 186 Å². The molecule has 0 fully saturated rings. The molecule has 1 aromatic heterocycles. The molecule has 0 saturated carbocycles. The molecule has 10 rings (SSSR count). The van der Waals surface area contributed by atoms with Crippen LogP contribution in [0.4, 0.5) is 0 Å². The summed E-state index contributed by atoms with van der Waals surface area (Å²) < 4.78 is 276. The number of fused-ring (bicyclic) bond motifs is 6. The van der Waals surface area contributed by atoms with Gasteiger partial charge >= 0.3 is 0 Å². The van der Waals surface area contributed by atoms with E-state index in [2.05, 4.69) is 0 Å². The van der Waals surface area contributed by atoms with E-state index in [4.69, 9.17) is 27.7 Å². The van der Waals surface area contributed by atoms with Crippen molar-refractivity contribution in [1.82, 2.24) is 0 Å². The molecule has 0 aliphatic rings. The summed E-state index contributed by atoms with van der Waals surface area (Å²) in [5.41, 5.74) is -7.45. The number of hydrogen-bond acceptors (Lipinski definition) is 1. The monoisotopic (exact) mass is 652 g/mol.